The van der Waals surface area contributed by atoms with E-state index in [1.807, 2.05) is 12.1 Å². The first-order chi connectivity index (χ1) is 14.1. The summed E-state index contributed by atoms with van der Waals surface area (Å²) in [5.41, 5.74) is 2.17. The van der Waals surface area contributed by atoms with Crippen LogP contribution in [0, 0.1) is 0 Å². The molecule has 152 valence electrons. The van der Waals surface area contributed by atoms with E-state index in [-0.39, 0.29) is 4.90 Å². The summed E-state index contributed by atoms with van der Waals surface area (Å²) in [6.45, 7) is 3.28. The number of hydrogen-bond acceptors (Lipinski definition) is 7. The average Bonchev–Trinajstić information content (AvgIpc) is 3.45. The monoisotopic (exact) mass is 430 g/mol. The van der Waals surface area contributed by atoms with Crippen molar-refractivity contribution in [3.8, 4) is 11.4 Å². The molecule has 0 bridgehead atoms. The molecule has 4 rings (SSSR count). The fraction of sp³-hybridized carbons (Fsp3) is 0.350. The van der Waals surface area contributed by atoms with Gasteiger partial charge in [-0.2, -0.15) is 9.29 Å². The Morgan fingerprint density at radius 1 is 1.10 bits per heavy atom. The summed E-state index contributed by atoms with van der Waals surface area (Å²) in [6.07, 6.45) is 4.23. The summed E-state index contributed by atoms with van der Waals surface area (Å²) in [5, 5.41) is 4.75. The molecule has 0 spiro atoms. The Bertz CT molecular complexity index is 1060. The van der Waals surface area contributed by atoms with Crippen LogP contribution in [0.4, 0.5) is 0 Å². The van der Waals surface area contributed by atoms with Gasteiger partial charge in [-0.1, -0.05) is 48.1 Å². The molecule has 3 heterocycles. The van der Waals surface area contributed by atoms with Crippen molar-refractivity contribution < 1.29 is 12.9 Å². The molecular weight excluding hydrogens is 408 g/mol. The number of sulfonamides is 1. The highest BCUT2D eigenvalue weighted by Crippen LogP contribution is 2.25. The molecule has 7 nitrogen and oxygen atoms in total. The fourth-order valence-corrected chi connectivity index (χ4v) is 5.28. The third-order valence-corrected chi connectivity index (χ3v) is 7.65. The Hall–Kier alpha value is -2.23. The highest BCUT2D eigenvalue weighted by atomic mass is 32.2. The van der Waals surface area contributed by atoms with E-state index in [1.165, 1.54) is 27.8 Å². The molecule has 0 atom stereocenters. The summed E-state index contributed by atoms with van der Waals surface area (Å²) >= 11 is 1.42. The second-order valence-corrected chi connectivity index (χ2v) is 9.73. The van der Waals surface area contributed by atoms with Gasteiger partial charge in [-0.25, -0.2) is 13.4 Å². The summed E-state index contributed by atoms with van der Waals surface area (Å²) in [4.78, 5) is 8.95. The maximum atomic E-state index is 12.5. The van der Waals surface area contributed by atoms with E-state index in [9.17, 15) is 8.42 Å². The molecule has 1 aromatic carbocycles. The molecular formula is C20H22N4O3S2. The van der Waals surface area contributed by atoms with Crippen molar-refractivity contribution in [2.75, 3.05) is 13.1 Å². The van der Waals surface area contributed by atoms with Crippen LogP contribution in [0.5, 0.6) is 0 Å². The van der Waals surface area contributed by atoms with Gasteiger partial charge in [-0.3, -0.25) is 0 Å². The van der Waals surface area contributed by atoms with E-state index in [1.54, 1.807) is 12.1 Å². The minimum Gasteiger partial charge on any atom is -0.338 e. The van der Waals surface area contributed by atoms with Crippen molar-refractivity contribution in [3.63, 3.8) is 0 Å². The predicted molar refractivity (Wildman–Crippen MR) is 111 cm³/mol. The molecule has 9 heteroatoms. The van der Waals surface area contributed by atoms with E-state index in [0.717, 1.165) is 24.8 Å². The number of nitrogens with zero attached hydrogens (tertiary/aromatic N) is 4. The van der Waals surface area contributed by atoms with Crippen molar-refractivity contribution in [1.29, 1.82) is 0 Å². The molecule has 0 aliphatic carbocycles. The zero-order chi connectivity index (χ0) is 20.3. The average molecular weight is 431 g/mol. The molecule has 0 saturated carbocycles. The molecule has 0 unspecified atom stereocenters. The zero-order valence-electron chi connectivity index (χ0n) is 16.1. The normalized spacial score (nSPS) is 15.1. The van der Waals surface area contributed by atoms with E-state index < -0.39 is 10.0 Å². The van der Waals surface area contributed by atoms with Gasteiger partial charge in [0.2, 0.25) is 21.7 Å². The van der Waals surface area contributed by atoms with E-state index in [2.05, 4.69) is 34.2 Å². The van der Waals surface area contributed by atoms with Gasteiger partial charge >= 0.3 is 0 Å². The molecule has 2 aromatic heterocycles. The van der Waals surface area contributed by atoms with E-state index in [4.69, 9.17) is 4.52 Å². The minimum atomic E-state index is -3.43. The van der Waals surface area contributed by atoms with Gasteiger partial charge < -0.3 is 4.52 Å². The largest absolute Gasteiger partial charge is 0.338 e. The van der Waals surface area contributed by atoms with Crippen molar-refractivity contribution in [3.05, 3.63) is 54.0 Å². The summed E-state index contributed by atoms with van der Waals surface area (Å²) in [5.74, 6) is 1.52. The van der Waals surface area contributed by atoms with Gasteiger partial charge in [0.1, 0.15) is 4.90 Å². The SMILES string of the molecule is CCc1ccc(-c2noc(CSc3ccc(S(=O)(=O)N4CCCC4)cn3)n2)cc1. The van der Waals surface area contributed by atoms with Gasteiger partial charge in [0, 0.05) is 24.8 Å². The first-order valence-electron chi connectivity index (χ1n) is 9.57. The quantitative estimate of drug-likeness (QED) is 0.527. The van der Waals surface area contributed by atoms with Gasteiger partial charge in [-0.15, -0.1) is 0 Å². The van der Waals surface area contributed by atoms with E-state index in [0.29, 0.717) is 35.6 Å². The number of thioether (sulfide) groups is 1. The number of aromatic nitrogens is 3. The number of pyridine rings is 1. The first kappa shape index (κ1) is 20.1. The Labute approximate surface area is 174 Å². The molecule has 1 saturated heterocycles. The van der Waals surface area contributed by atoms with Gasteiger partial charge in [0.25, 0.3) is 0 Å². The number of benzene rings is 1. The lowest BCUT2D eigenvalue weighted by Crippen LogP contribution is -2.27. The van der Waals surface area contributed by atoms with Crippen LogP contribution < -0.4 is 0 Å². The molecule has 0 radical (unpaired) electrons. The summed E-state index contributed by atoms with van der Waals surface area (Å²) in [7, 11) is -3.43. The van der Waals surface area contributed by atoms with Crippen LogP contribution >= 0.6 is 11.8 Å². The second kappa shape index (κ2) is 8.64. The number of aryl methyl sites for hydroxylation is 1. The smallest absolute Gasteiger partial charge is 0.244 e. The summed E-state index contributed by atoms with van der Waals surface area (Å²) in [6, 6.07) is 11.4. The molecule has 29 heavy (non-hydrogen) atoms. The Kier molecular flexibility index (Phi) is 5.98. The van der Waals surface area contributed by atoms with Crippen LogP contribution in [-0.4, -0.2) is 40.9 Å². The third-order valence-electron chi connectivity index (χ3n) is 4.84. The Balaban J connectivity index is 1.38. The van der Waals surface area contributed by atoms with E-state index >= 15 is 0 Å². The highest BCUT2D eigenvalue weighted by Gasteiger charge is 2.27. The Morgan fingerprint density at radius 2 is 1.86 bits per heavy atom. The Morgan fingerprint density at radius 3 is 2.52 bits per heavy atom. The number of hydrogen-bond donors (Lipinski definition) is 0. The van der Waals surface area contributed by atoms with Crippen molar-refractivity contribution in [2.45, 2.75) is 41.9 Å². The molecule has 1 fully saturated rings. The zero-order valence-corrected chi connectivity index (χ0v) is 17.7. The molecule has 3 aromatic rings. The molecule has 1 aliphatic heterocycles. The van der Waals surface area contributed by atoms with Crippen LogP contribution in [0.3, 0.4) is 0 Å². The molecule has 0 N–H and O–H groups in total. The minimum absolute atomic E-state index is 0.236. The fourth-order valence-electron chi connectivity index (χ4n) is 3.14. The topological polar surface area (TPSA) is 89.2 Å². The van der Waals surface area contributed by atoms with Crippen molar-refractivity contribution in [2.24, 2.45) is 0 Å². The lowest BCUT2D eigenvalue weighted by atomic mass is 10.1. The predicted octanol–water partition coefficient (Wildman–Crippen LogP) is 3.77. The molecule has 0 amide bonds. The van der Waals surface area contributed by atoms with Crippen molar-refractivity contribution >= 4 is 21.8 Å². The van der Waals surface area contributed by atoms with Crippen molar-refractivity contribution in [1.82, 2.24) is 19.4 Å². The summed E-state index contributed by atoms with van der Waals surface area (Å²) < 4.78 is 31.9. The number of rotatable bonds is 7. The standard InChI is InChI=1S/C20H22N4O3S2/c1-2-15-5-7-16(8-6-15)20-22-18(27-23-20)14-28-19-10-9-17(13-21-19)29(25,26)24-11-3-4-12-24/h5-10,13H,2-4,11-12,14H2,1H3. The maximum Gasteiger partial charge on any atom is 0.244 e. The third kappa shape index (κ3) is 4.52. The van der Waals surface area contributed by atoms with Crippen LogP contribution in [0.15, 0.2) is 57.0 Å². The van der Waals surface area contributed by atoms with Gasteiger partial charge in [-0.05, 0) is 37.0 Å². The highest BCUT2D eigenvalue weighted by molar-refractivity contribution is 7.98. The second-order valence-electron chi connectivity index (χ2n) is 6.79. The lowest BCUT2D eigenvalue weighted by Gasteiger charge is -2.15. The molecule has 1 aliphatic rings. The van der Waals surface area contributed by atoms with Gasteiger partial charge in [0.15, 0.2) is 0 Å². The lowest BCUT2D eigenvalue weighted by molar-refractivity contribution is 0.391. The van der Waals surface area contributed by atoms with Crippen LogP contribution in [0.2, 0.25) is 0 Å². The van der Waals surface area contributed by atoms with Gasteiger partial charge in [0.05, 0.1) is 10.8 Å². The maximum absolute atomic E-state index is 12.5. The first-order valence-corrected chi connectivity index (χ1v) is 12.0. The van der Waals surface area contributed by atoms with Crippen LogP contribution in [0.25, 0.3) is 11.4 Å². The van der Waals surface area contributed by atoms with Crippen LogP contribution in [0.1, 0.15) is 31.2 Å². The van der Waals surface area contributed by atoms with Crippen LogP contribution in [-0.2, 0) is 22.2 Å².